The van der Waals surface area contributed by atoms with Gasteiger partial charge in [-0.05, 0) is 6.08 Å². The number of rotatable bonds is 0. The van der Waals surface area contributed by atoms with Crippen LogP contribution in [0, 0.1) is 5.41 Å². The van der Waals surface area contributed by atoms with E-state index >= 15 is 0 Å². The second-order valence-corrected chi connectivity index (χ2v) is 1.68. The van der Waals surface area contributed by atoms with Gasteiger partial charge in [0.15, 0.2) is 0 Å². The quantitative estimate of drug-likeness (QED) is 0.488. The number of hydrogen-bond acceptors (Lipinski definition) is 1. The Bertz CT molecular complexity index is 156. The van der Waals surface area contributed by atoms with Crippen LogP contribution < -0.4 is 0 Å². The van der Waals surface area contributed by atoms with E-state index in [1.54, 1.807) is 24.3 Å². The molecular weight excluding hydrogens is 100 g/mol. The predicted octanol–water partition coefficient (Wildman–Crippen LogP) is 1.55. The molecule has 0 aromatic carbocycles. The predicted molar refractivity (Wildman–Crippen MR) is 34.1 cm³/mol. The Morgan fingerprint density at radius 3 is 2.62 bits per heavy atom. The van der Waals surface area contributed by atoms with Gasteiger partial charge >= 0.3 is 0 Å². The summed E-state index contributed by atoms with van der Waals surface area (Å²) in [5.74, 6) is 0. The molecular formula is C6H7N2-. The lowest BCUT2D eigenvalue weighted by Gasteiger charge is -2.15. The minimum Gasteiger partial charge on any atom is -0.666 e. The van der Waals surface area contributed by atoms with E-state index in [-0.39, 0.29) is 0 Å². The van der Waals surface area contributed by atoms with Gasteiger partial charge in [0.05, 0.1) is 0 Å². The van der Waals surface area contributed by atoms with Gasteiger partial charge in [-0.2, -0.15) is 0 Å². The highest BCUT2D eigenvalue weighted by Crippen LogP contribution is 2.00. The Morgan fingerprint density at radius 2 is 2.25 bits per heavy atom. The van der Waals surface area contributed by atoms with E-state index < -0.39 is 6.04 Å². The highest BCUT2D eigenvalue weighted by molar-refractivity contribution is 6.00. The largest absolute Gasteiger partial charge is 0.666 e. The van der Waals surface area contributed by atoms with Gasteiger partial charge in [0.1, 0.15) is 0 Å². The summed E-state index contributed by atoms with van der Waals surface area (Å²) >= 11 is 0. The van der Waals surface area contributed by atoms with Gasteiger partial charge in [-0.3, -0.25) is 0 Å². The lowest BCUT2D eigenvalue weighted by Crippen LogP contribution is -2.10. The molecule has 2 heteroatoms. The lowest BCUT2D eigenvalue weighted by atomic mass is 10.1. The minimum absolute atomic E-state index is 0.368. The van der Waals surface area contributed by atoms with Crippen LogP contribution in [0.2, 0.25) is 0 Å². The molecule has 0 aliphatic heterocycles. The van der Waals surface area contributed by atoms with Gasteiger partial charge in [0.2, 0.25) is 0 Å². The average molecular weight is 107 g/mol. The molecule has 0 amide bonds. The van der Waals surface area contributed by atoms with Crippen molar-refractivity contribution in [2.24, 2.45) is 0 Å². The van der Waals surface area contributed by atoms with Crippen molar-refractivity contribution in [1.82, 2.24) is 0 Å². The van der Waals surface area contributed by atoms with E-state index in [1.165, 1.54) is 0 Å². The van der Waals surface area contributed by atoms with Crippen molar-refractivity contribution in [1.29, 1.82) is 5.41 Å². The standard InChI is InChI=1S/C6H7N2/c7-5-3-1-2-4-6(5)8/h1-5,7-8H/q-1. The molecule has 0 radical (unpaired) electrons. The third-order valence-corrected chi connectivity index (χ3v) is 1.03. The van der Waals surface area contributed by atoms with Crippen molar-refractivity contribution >= 4 is 5.71 Å². The van der Waals surface area contributed by atoms with Crippen LogP contribution in [0.1, 0.15) is 0 Å². The molecule has 0 spiro atoms. The maximum atomic E-state index is 7.12. The number of hydrogen-bond donors (Lipinski definition) is 1. The molecule has 0 saturated heterocycles. The Kier molecular flexibility index (Phi) is 1.26. The fraction of sp³-hybridized carbons (Fsp3) is 0.167. The van der Waals surface area contributed by atoms with Crippen LogP contribution in [0.15, 0.2) is 24.3 Å². The van der Waals surface area contributed by atoms with Gasteiger partial charge < -0.3 is 11.1 Å². The van der Waals surface area contributed by atoms with Crippen molar-refractivity contribution in [2.45, 2.75) is 6.04 Å². The van der Waals surface area contributed by atoms with Crippen LogP contribution in [0.25, 0.3) is 5.73 Å². The maximum Gasteiger partial charge on any atom is 0.0174 e. The molecule has 0 aromatic heterocycles. The first-order chi connectivity index (χ1) is 3.80. The summed E-state index contributed by atoms with van der Waals surface area (Å²) in [5.41, 5.74) is 7.48. The van der Waals surface area contributed by atoms with E-state index in [0.717, 1.165) is 0 Å². The van der Waals surface area contributed by atoms with E-state index in [4.69, 9.17) is 11.1 Å². The van der Waals surface area contributed by atoms with Crippen molar-refractivity contribution in [2.75, 3.05) is 0 Å². The molecule has 1 rings (SSSR count). The second-order valence-electron chi connectivity index (χ2n) is 1.68. The summed E-state index contributed by atoms with van der Waals surface area (Å²) in [4.78, 5) is 0. The Balaban J connectivity index is 2.74. The van der Waals surface area contributed by atoms with Gasteiger partial charge in [-0.15, -0.1) is 0 Å². The number of allylic oxidation sites excluding steroid dienone is 2. The summed E-state index contributed by atoms with van der Waals surface area (Å²) in [7, 11) is 0. The zero-order valence-corrected chi connectivity index (χ0v) is 4.39. The molecule has 8 heavy (non-hydrogen) atoms. The minimum atomic E-state index is -0.431. The van der Waals surface area contributed by atoms with Crippen molar-refractivity contribution in [3.8, 4) is 0 Å². The molecule has 1 aliphatic rings. The molecule has 0 fully saturated rings. The lowest BCUT2D eigenvalue weighted by molar-refractivity contribution is 1.27. The fourth-order valence-corrected chi connectivity index (χ4v) is 0.542. The summed E-state index contributed by atoms with van der Waals surface area (Å²) in [5, 5.41) is 7.07. The van der Waals surface area contributed by atoms with Crippen LogP contribution in [0.3, 0.4) is 0 Å². The summed E-state index contributed by atoms with van der Waals surface area (Å²) in [6.45, 7) is 0. The molecule has 1 unspecified atom stereocenters. The average Bonchev–Trinajstić information content (AvgIpc) is 1.77. The van der Waals surface area contributed by atoms with Crippen LogP contribution in [-0.4, -0.2) is 11.8 Å². The normalized spacial score (nSPS) is 26.6. The first kappa shape index (κ1) is 5.25. The van der Waals surface area contributed by atoms with Crippen LogP contribution in [0.5, 0.6) is 0 Å². The Morgan fingerprint density at radius 1 is 1.50 bits per heavy atom. The monoisotopic (exact) mass is 107 g/mol. The Hall–Kier alpha value is -0.890. The van der Waals surface area contributed by atoms with E-state index in [0.29, 0.717) is 5.71 Å². The molecule has 0 bridgehead atoms. The molecule has 1 atom stereocenters. The van der Waals surface area contributed by atoms with E-state index in [9.17, 15) is 0 Å². The molecule has 42 valence electrons. The third kappa shape index (κ3) is 0.845. The smallest absolute Gasteiger partial charge is 0.0174 e. The third-order valence-electron chi connectivity index (χ3n) is 1.03. The van der Waals surface area contributed by atoms with Crippen LogP contribution in [-0.2, 0) is 0 Å². The SMILES string of the molecule is N=C1C=CC=CC1[NH-]. The van der Waals surface area contributed by atoms with Crippen LogP contribution >= 0.6 is 0 Å². The van der Waals surface area contributed by atoms with E-state index in [1.807, 2.05) is 0 Å². The first-order valence-electron chi connectivity index (χ1n) is 2.45. The highest BCUT2D eigenvalue weighted by Gasteiger charge is 1.94. The van der Waals surface area contributed by atoms with Gasteiger partial charge in [-0.1, -0.05) is 24.3 Å². The molecule has 0 aromatic rings. The Labute approximate surface area is 48.2 Å². The zero-order valence-electron chi connectivity index (χ0n) is 4.39. The van der Waals surface area contributed by atoms with E-state index in [2.05, 4.69) is 0 Å². The highest BCUT2D eigenvalue weighted by atomic mass is 14.7. The zero-order chi connectivity index (χ0) is 5.98. The first-order valence-corrected chi connectivity index (χ1v) is 2.45. The van der Waals surface area contributed by atoms with Crippen LogP contribution in [0.4, 0.5) is 0 Å². The summed E-state index contributed by atoms with van der Waals surface area (Å²) < 4.78 is 0. The molecule has 1 aliphatic carbocycles. The van der Waals surface area contributed by atoms with Crippen molar-refractivity contribution < 1.29 is 0 Å². The summed E-state index contributed by atoms with van der Waals surface area (Å²) in [6, 6.07) is -0.431. The molecule has 0 saturated carbocycles. The van der Waals surface area contributed by atoms with Gasteiger partial charge in [0.25, 0.3) is 0 Å². The fourth-order valence-electron chi connectivity index (χ4n) is 0.542. The molecule has 0 heterocycles. The molecule has 2 nitrogen and oxygen atoms in total. The van der Waals surface area contributed by atoms with Gasteiger partial charge in [-0.25, -0.2) is 0 Å². The van der Waals surface area contributed by atoms with Gasteiger partial charge in [0, 0.05) is 5.71 Å². The van der Waals surface area contributed by atoms with Crippen molar-refractivity contribution in [3.05, 3.63) is 30.0 Å². The molecule has 2 N–H and O–H groups in total. The number of nitrogens with one attached hydrogen (secondary N) is 2. The van der Waals surface area contributed by atoms with Crippen molar-refractivity contribution in [3.63, 3.8) is 0 Å². The summed E-state index contributed by atoms with van der Waals surface area (Å²) in [6.07, 6.45) is 6.88. The topological polar surface area (TPSA) is 47.7 Å². The maximum absolute atomic E-state index is 7.12. The second kappa shape index (κ2) is 1.92.